The van der Waals surface area contributed by atoms with Crippen LogP contribution in [0.4, 0.5) is 0 Å². The zero-order valence-electron chi connectivity index (χ0n) is 16.3. The van der Waals surface area contributed by atoms with Crippen LogP contribution in [0.3, 0.4) is 0 Å². The van der Waals surface area contributed by atoms with Gasteiger partial charge >= 0.3 is 0 Å². The highest BCUT2D eigenvalue weighted by Gasteiger charge is 2.14. The van der Waals surface area contributed by atoms with Crippen molar-refractivity contribution in [3.05, 3.63) is 69.3 Å². The summed E-state index contributed by atoms with van der Waals surface area (Å²) in [6, 6.07) is 14.0. The van der Waals surface area contributed by atoms with Crippen molar-refractivity contribution in [2.24, 2.45) is 0 Å². The number of hydrogen-bond donors (Lipinski definition) is 0. The lowest BCUT2D eigenvalue weighted by Gasteiger charge is -2.03. The van der Waals surface area contributed by atoms with Crippen molar-refractivity contribution in [2.75, 3.05) is 0 Å². The third kappa shape index (κ3) is 3.64. The van der Waals surface area contributed by atoms with Gasteiger partial charge in [0.25, 0.3) is 5.56 Å². The van der Waals surface area contributed by atoms with Crippen LogP contribution < -0.4 is 5.56 Å². The molecule has 6 nitrogen and oxygen atoms in total. The van der Waals surface area contributed by atoms with Crippen LogP contribution in [0.5, 0.6) is 0 Å². The van der Waals surface area contributed by atoms with Gasteiger partial charge < -0.3 is 0 Å². The van der Waals surface area contributed by atoms with Gasteiger partial charge in [-0.3, -0.25) is 4.79 Å². The largest absolute Gasteiger partial charge is 0.275 e. The Hall–Kier alpha value is -2.62. The number of hydrogen-bond acceptors (Lipinski definition) is 8. The summed E-state index contributed by atoms with van der Waals surface area (Å²) in [5, 5.41) is 7.17. The van der Waals surface area contributed by atoms with Crippen LogP contribution in [0.1, 0.15) is 23.4 Å². The molecule has 5 aromatic rings. The second kappa shape index (κ2) is 7.90. The van der Waals surface area contributed by atoms with Gasteiger partial charge in [0.1, 0.15) is 20.7 Å². The molecule has 0 aliphatic rings. The molecule has 0 amide bonds. The second-order valence-corrected chi connectivity index (χ2v) is 9.72. The fraction of sp³-hybridized carbons (Fsp3) is 0.190. The molecule has 5 rings (SSSR count). The molecule has 0 saturated heterocycles. The van der Waals surface area contributed by atoms with Crippen molar-refractivity contribution in [2.45, 2.75) is 31.0 Å². The van der Waals surface area contributed by atoms with Gasteiger partial charge in [0, 0.05) is 22.1 Å². The third-order valence-corrected chi connectivity index (χ3v) is 7.68. The summed E-state index contributed by atoms with van der Waals surface area (Å²) < 4.78 is 1.38. The minimum absolute atomic E-state index is 0.141. The normalized spacial score (nSPS) is 11.5. The molecule has 0 atom stereocenters. The van der Waals surface area contributed by atoms with Crippen LogP contribution in [0.15, 0.2) is 52.3 Å². The zero-order chi connectivity index (χ0) is 20.7. The summed E-state index contributed by atoms with van der Waals surface area (Å²) >= 11 is 4.72. The SMILES string of the molecule is CCc1nn2c(=O)cc(CSc3nc(C)nc4sc(-c5ccccc5)cc34)nc2s1. The predicted molar refractivity (Wildman–Crippen MR) is 124 cm³/mol. The van der Waals surface area contributed by atoms with E-state index in [1.54, 1.807) is 29.2 Å². The standard InChI is InChI=1S/C21H17N5OS3/c1-3-17-25-26-18(27)9-14(24-21(26)30-17)11-28-19-15-10-16(13-7-5-4-6-8-13)29-20(15)23-12(2)22-19/h4-10H,3,11H2,1-2H3. The highest BCUT2D eigenvalue weighted by Crippen LogP contribution is 2.37. The molecule has 0 saturated carbocycles. The molecular weight excluding hydrogens is 434 g/mol. The molecule has 9 heteroatoms. The first-order chi connectivity index (χ1) is 14.6. The number of nitrogens with zero attached hydrogens (tertiary/aromatic N) is 5. The number of fused-ring (bicyclic) bond motifs is 2. The highest BCUT2D eigenvalue weighted by atomic mass is 32.2. The maximum Gasteiger partial charge on any atom is 0.275 e. The molecule has 1 aromatic carbocycles. The van der Waals surface area contributed by atoms with Crippen LogP contribution in [-0.2, 0) is 12.2 Å². The Balaban J connectivity index is 1.49. The van der Waals surface area contributed by atoms with Crippen molar-refractivity contribution in [3.8, 4) is 10.4 Å². The lowest BCUT2D eigenvalue weighted by Crippen LogP contribution is -2.15. The van der Waals surface area contributed by atoms with E-state index in [1.807, 2.05) is 32.0 Å². The first kappa shape index (κ1) is 19.3. The van der Waals surface area contributed by atoms with Gasteiger partial charge in [-0.1, -0.05) is 60.4 Å². The predicted octanol–water partition coefficient (Wildman–Crippen LogP) is 4.99. The van der Waals surface area contributed by atoms with E-state index < -0.39 is 0 Å². The fourth-order valence-corrected chi connectivity index (χ4v) is 6.05. The average molecular weight is 452 g/mol. The number of aromatic nitrogens is 5. The summed E-state index contributed by atoms with van der Waals surface area (Å²) in [7, 11) is 0. The molecule has 0 bridgehead atoms. The quantitative estimate of drug-likeness (QED) is 0.277. The van der Waals surface area contributed by atoms with Crippen molar-refractivity contribution in [1.29, 1.82) is 0 Å². The fourth-order valence-electron chi connectivity index (χ4n) is 3.11. The van der Waals surface area contributed by atoms with E-state index in [0.29, 0.717) is 10.7 Å². The number of aryl methyl sites for hydroxylation is 2. The van der Waals surface area contributed by atoms with Crippen LogP contribution in [0, 0.1) is 6.92 Å². The number of thiophene rings is 1. The number of rotatable bonds is 5. The van der Waals surface area contributed by atoms with E-state index in [0.717, 1.165) is 38.2 Å². The Morgan fingerprint density at radius 2 is 1.90 bits per heavy atom. The molecule has 0 fully saturated rings. The Bertz CT molecular complexity index is 1420. The van der Waals surface area contributed by atoms with Gasteiger partial charge in [-0.2, -0.15) is 9.61 Å². The van der Waals surface area contributed by atoms with Gasteiger partial charge in [-0.05, 0) is 25.0 Å². The summed E-state index contributed by atoms with van der Waals surface area (Å²) in [6.07, 6.45) is 0.789. The maximum atomic E-state index is 12.4. The number of benzene rings is 1. The van der Waals surface area contributed by atoms with Gasteiger partial charge in [0.2, 0.25) is 4.96 Å². The van der Waals surface area contributed by atoms with E-state index in [4.69, 9.17) is 0 Å². The molecule has 0 aliphatic carbocycles. The van der Waals surface area contributed by atoms with Crippen molar-refractivity contribution in [1.82, 2.24) is 24.6 Å². The minimum atomic E-state index is -0.141. The summed E-state index contributed by atoms with van der Waals surface area (Å²) in [5.74, 6) is 1.30. The van der Waals surface area contributed by atoms with Gasteiger partial charge in [0.05, 0.1) is 5.69 Å². The zero-order valence-corrected chi connectivity index (χ0v) is 18.8. The lowest BCUT2D eigenvalue weighted by atomic mass is 10.2. The first-order valence-corrected chi connectivity index (χ1v) is 12.1. The Morgan fingerprint density at radius 1 is 1.07 bits per heavy atom. The van der Waals surface area contributed by atoms with Crippen LogP contribution in [0.25, 0.3) is 25.6 Å². The average Bonchev–Trinajstić information content (AvgIpc) is 3.37. The Morgan fingerprint density at radius 3 is 2.70 bits per heavy atom. The highest BCUT2D eigenvalue weighted by molar-refractivity contribution is 7.98. The molecule has 4 heterocycles. The van der Waals surface area contributed by atoms with E-state index in [-0.39, 0.29) is 5.56 Å². The van der Waals surface area contributed by atoms with Gasteiger partial charge in [0.15, 0.2) is 0 Å². The summed E-state index contributed by atoms with van der Waals surface area (Å²) in [5.41, 5.74) is 1.77. The molecule has 150 valence electrons. The van der Waals surface area contributed by atoms with Crippen molar-refractivity contribution in [3.63, 3.8) is 0 Å². The summed E-state index contributed by atoms with van der Waals surface area (Å²) in [6.45, 7) is 3.93. The molecule has 0 spiro atoms. The monoisotopic (exact) mass is 451 g/mol. The van der Waals surface area contributed by atoms with Crippen LogP contribution in [0.2, 0.25) is 0 Å². The van der Waals surface area contributed by atoms with Crippen LogP contribution >= 0.6 is 34.4 Å². The van der Waals surface area contributed by atoms with Crippen molar-refractivity contribution < 1.29 is 0 Å². The second-order valence-electron chi connectivity index (χ2n) is 6.69. The lowest BCUT2D eigenvalue weighted by molar-refractivity contribution is 0.852. The third-order valence-electron chi connectivity index (χ3n) is 4.53. The Labute approximate surface area is 184 Å². The molecular formula is C21H17N5OS3. The van der Waals surface area contributed by atoms with Crippen molar-refractivity contribution >= 4 is 49.6 Å². The number of thioether (sulfide) groups is 1. The molecule has 0 unspecified atom stereocenters. The van der Waals surface area contributed by atoms with E-state index in [1.165, 1.54) is 26.3 Å². The molecule has 0 radical (unpaired) electrons. The van der Waals surface area contributed by atoms with Gasteiger partial charge in [-0.25, -0.2) is 15.0 Å². The smallest absolute Gasteiger partial charge is 0.267 e. The van der Waals surface area contributed by atoms with E-state index in [2.05, 4.69) is 38.2 Å². The van der Waals surface area contributed by atoms with E-state index in [9.17, 15) is 4.79 Å². The molecule has 30 heavy (non-hydrogen) atoms. The maximum absolute atomic E-state index is 12.4. The molecule has 0 N–H and O–H groups in total. The topological polar surface area (TPSA) is 73.0 Å². The molecule has 0 aliphatic heterocycles. The van der Waals surface area contributed by atoms with Crippen LogP contribution in [-0.4, -0.2) is 24.6 Å². The molecule has 4 aromatic heterocycles. The first-order valence-electron chi connectivity index (χ1n) is 9.46. The minimum Gasteiger partial charge on any atom is -0.267 e. The Kier molecular flexibility index (Phi) is 5.10. The summed E-state index contributed by atoms with van der Waals surface area (Å²) in [4.78, 5) is 29.1. The van der Waals surface area contributed by atoms with E-state index >= 15 is 0 Å². The van der Waals surface area contributed by atoms with Gasteiger partial charge in [-0.15, -0.1) is 11.3 Å².